The van der Waals surface area contributed by atoms with E-state index in [0.29, 0.717) is 0 Å². The minimum absolute atomic E-state index is 0.00103. The van der Waals surface area contributed by atoms with Gasteiger partial charge < -0.3 is 10.6 Å². The van der Waals surface area contributed by atoms with Gasteiger partial charge in [0.1, 0.15) is 5.82 Å². The van der Waals surface area contributed by atoms with E-state index in [9.17, 15) is 22.4 Å². The molecule has 1 heterocycles. The highest BCUT2D eigenvalue weighted by Gasteiger charge is 2.41. The number of piperidine rings is 1. The number of nitrogen functional groups attached to an aromatic ring is 1. The molecule has 1 aromatic carbocycles. The van der Waals surface area contributed by atoms with E-state index >= 15 is 0 Å². The Hall–Kier alpha value is -1.79. The molecule has 1 aliphatic rings. The summed E-state index contributed by atoms with van der Waals surface area (Å²) < 4.78 is 50.7. The molecule has 0 saturated carbocycles. The summed E-state index contributed by atoms with van der Waals surface area (Å²) in [6.45, 7) is -0.00206. The lowest BCUT2D eigenvalue weighted by Gasteiger charge is -2.33. The molecule has 1 amide bonds. The van der Waals surface area contributed by atoms with Crippen molar-refractivity contribution < 1.29 is 22.4 Å². The summed E-state index contributed by atoms with van der Waals surface area (Å²) in [6, 6.07) is 3.40. The quantitative estimate of drug-likeness (QED) is 0.638. The van der Waals surface area contributed by atoms with Gasteiger partial charge in [-0.3, -0.25) is 4.79 Å². The number of amides is 1. The zero-order valence-corrected chi connectivity index (χ0v) is 10.6. The molecule has 3 nitrogen and oxygen atoms in total. The van der Waals surface area contributed by atoms with Crippen LogP contribution in [-0.2, 0) is 0 Å². The summed E-state index contributed by atoms with van der Waals surface area (Å²) in [5, 5.41) is 0. The van der Waals surface area contributed by atoms with Crippen LogP contribution >= 0.6 is 0 Å². The Labute approximate surface area is 113 Å². The van der Waals surface area contributed by atoms with Gasteiger partial charge in [-0.05, 0) is 31.0 Å². The third kappa shape index (κ3) is 3.02. The smallest absolute Gasteiger partial charge is 0.391 e. The first-order valence-corrected chi connectivity index (χ1v) is 6.20. The van der Waals surface area contributed by atoms with Crippen molar-refractivity contribution in [1.82, 2.24) is 4.90 Å². The van der Waals surface area contributed by atoms with Crippen molar-refractivity contribution in [2.75, 3.05) is 18.8 Å². The molecule has 2 N–H and O–H groups in total. The first-order chi connectivity index (χ1) is 9.29. The van der Waals surface area contributed by atoms with Gasteiger partial charge in [-0.1, -0.05) is 0 Å². The van der Waals surface area contributed by atoms with Crippen LogP contribution < -0.4 is 5.73 Å². The van der Waals surface area contributed by atoms with Crippen molar-refractivity contribution in [2.24, 2.45) is 5.92 Å². The van der Waals surface area contributed by atoms with Crippen molar-refractivity contribution in [3.05, 3.63) is 29.6 Å². The predicted molar refractivity (Wildman–Crippen MR) is 65.5 cm³/mol. The predicted octanol–water partition coefficient (Wildman–Crippen LogP) is 2.82. The largest absolute Gasteiger partial charge is 0.398 e. The highest BCUT2D eigenvalue weighted by molar-refractivity contribution is 5.99. The second-order valence-electron chi connectivity index (χ2n) is 4.84. The summed E-state index contributed by atoms with van der Waals surface area (Å²) in [5.74, 6) is -2.51. The molecule has 0 radical (unpaired) electrons. The van der Waals surface area contributed by atoms with Crippen LogP contribution in [0.4, 0.5) is 23.2 Å². The minimum atomic E-state index is -4.23. The number of benzene rings is 1. The highest BCUT2D eigenvalue weighted by atomic mass is 19.4. The van der Waals surface area contributed by atoms with Crippen molar-refractivity contribution >= 4 is 11.6 Å². The standard InChI is InChI=1S/C13H14F4N2O/c14-9-1-2-11(18)10(7-9)12(20)19-5-3-8(4-6-19)13(15,16)17/h1-2,7-8H,3-6,18H2. The molecular weight excluding hydrogens is 276 g/mol. The fourth-order valence-corrected chi connectivity index (χ4v) is 2.29. The molecule has 1 fully saturated rings. The zero-order valence-electron chi connectivity index (χ0n) is 10.6. The SMILES string of the molecule is Nc1ccc(F)cc1C(=O)N1CCC(C(F)(F)F)CC1. The third-order valence-electron chi connectivity index (χ3n) is 3.49. The number of rotatable bonds is 1. The Bertz CT molecular complexity index is 508. The molecule has 0 unspecified atom stereocenters. The lowest BCUT2D eigenvalue weighted by molar-refractivity contribution is -0.183. The number of anilines is 1. The number of nitrogens with two attached hydrogens (primary N) is 1. The number of hydrogen-bond donors (Lipinski definition) is 1. The molecule has 1 saturated heterocycles. The Kier molecular flexibility index (Phi) is 3.87. The number of alkyl halides is 3. The van der Waals surface area contributed by atoms with Crippen molar-refractivity contribution in [2.45, 2.75) is 19.0 Å². The maximum atomic E-state index is 13.1. The molecular formula is C13H14F4N2O. The molecule has 7 heteroatoms. The second-order valence-corrected chi connectivity index (χ2v) is 4.84. The number of likely N-dealkylation sites (tertiary alicyclic amines) is 1. The Morgan fingerprint density at radius 2 is 1.85 bits per heavy atom. The molecule has 1 aromatic rings. The number of hydrogen-bond acceptors (Lipinski definition) is 2. The maximum Gasteiger partial charge on any atom is 0.391 e. The summed E-state index contributed by atoms with van der Waals surface area (Å²) in [5.41, 5.74) is 5.71. The van der Waals surface area contributed by atoms with E-state index in [1.165, 1.54) is 11.0 Å². The fourth-order valence-electron chi connectivity index (χ4n) is 2.29. The van der Waals surface area contributed by atoms with Gasteiger partial charge in [0.05, 0.1) is 11.5 Å². The van der Waals surface area contributed by atoms with Crippen LogP contribution in [-0.4, -0.2) is 30.1 Å². The Balaban J connectivity index is 2.07. The topological polar surface area (TPSA) is 46.3 Å². The summed E-state index contributed by atoms with van der Waals surface area (Å²) in [7, 11) is 0. The van der Waals surface area contributed by atoms with Crippen LogP contribution in [0.25, 0.3) is 0 Å². The third-order valence-corrected chi connectivity index (χ3v) is 3.49. The average molecular weight is 290 g/mol. The van der Waals surface area contributed by atoms with Crippen LogP contribution in [0.1, 0.15) is 23.2 Å². The number of nitrogens with zero attached hydrogens (tertiary/aromatic N) is 1. The van der Waals surface area contributed by atoms with Crippen LogP contribution in [0.3, 0.4) is 0 Å². The molecule has 0 bridgehead atoms. The van der Waals surface area contributed by atoms with E-state index in [0.717, 1.165) is 12.1 Å². The molecule has 0 aliphatic carbocycles. The van der Waals surface area contributed by atoms with Gasteiger partial charge in [0, 0.05) is 18.8 Å². The van der Waals surface area contributed by atoms with Crippen molar-refractivity contribution in [1.29, 1.82) is 0 Å². The number of halogens is 4. The van der Waals surface area contributed by atoms with E-state index < -0.39 is 23.8 Å². The van der Waals surface area contributed by atoms with Crippen LogP contribution in [0.2, 0.25) is 0 Å². The van der Waals surface area contributed by atoms with E-state index in [1.54, 1.807) is 0 Å². The Morgan fingerprint density at radius 1 is 1.25 bits per heavy atom. The van der Waals surface area contributed by atoms with Gasteiger partial charge in [-0.2, -0.15) is 13.2 Å². The minimum Gasteiger partial charge on any atom is -0.398 e. The number of carbonyl (C=O) groups is 1. The molecule has 1 aliphatic heterocycles. The van der Waals surface area contributed by atoms with Gasteiger partial charge in [0.25, 0.3) is 5.91 Å². The van der Waals surface area contributed by atoms with Gasteiger partial charge in [0.2, 0.25) is 0 Å². The maximum absolute atomic E-state index is 13.1. The number of carbonyl (C=O) groups excluding carboxylic acids is 1. The molecule has 0 spiro atoms. The van der Waals surface area contributed by atoms with Crippen LogP contribution in [0, 0.1) is 11.7 Å². The zero-order chi connectivity index (χ0) is 14.9. The highest BCUT2D eigenvalue weighted by Crippen LogP contribution is 2.34. The van der Waals surface area contributed by atoms with Gasteiger partial charge in [-0.25, -0.2) is 4.39 Å². The van der Waals surface area contributed by atoms with E-state index in [4.69, 9.17) is 5.73 Å². The molecule has 0 aromatic heterocycles. The first kappa shape index (κ1) is 14.6. The van der Waals surface area contributed by atoms with E-state index in [2.05, 4.69) is 0 Å². The summed E-state index contributed by atoms with van der Waals surface area (Å²) in [4.78, 5) is 13.4. The molecule has 2 rings (SSSR count). The van der Waals surface area contributed by atoms with Crippen molar-refractivity contribution in [3.8, 4) is 0 Å². The van der Waals surface area contributed by atoms with Crippen LogP contribution in [0.5, 0.6) is 0 Å². The lowest BCUT2D eigenvalue weighted by atomic mass is 9.95. The van der Waals surface area contributed by atoms with Crippen LogP contribution in [0.15, 0.2) is 18.2 Å². The monoisotopic (exact) mass is 290 g/mol. The lowest BCUT2D eigenvalue weighted by Crippen LogP contribution is -2.42. The van der Waals surface area contributed by atoms with Gasteiger partial charge in [-0.15, -0.1) is 0 Å². The summed E-state index contributed by atoms with van der Waals surface area (Å²) >= 11 is 0. The van der Waals surface area contributed by atoms with Crippen molar-refractivity contribution in [3.63, 3.8) is 0 Å². The fraction of sp³-hybridized carbons (Fsp3) is 0.462. The molecule has 110 valence electrons. The second kappa shape index (κ2) is 5.30. The van der Waals surface area contributed by atoms with E-state index in [1.807, 2.05) is 0 Å². The van der Waals surface area contributed by atoms with Gasteiger partial charge in [0.15, 0.2) is 0 Å². The normalized spacial score (nSPS) is 17.3. The average Bonchev–Trinajstić information content (AvgIpc) is 2.40. The Morgan fingerprint density at radius 3 is 2.40 bits per heavy atom. The molecule has 0 atom stereocenters. The first-order valence-electron chi connectivity index (χ1n) is 6.20. The summed E-state index contributed by atoms with van der Waals surface area (Å²) in [6.07, 6.45) is -4.50. The molecule has 20 heavy (non-hydrogen) atoms. The van der Waals surface area contributed by atoms with E-state index in [-0.39, 0.29) is 37.2 Å². The van der Waals surface area contributed by atoms with Gasteiger partial charge >= 0.3 is 6.18 Å².